The van der Waals surface area contributed by atoms with Gasteiger partial charge in [-0.15, -0.1) is 11.3 Å². The van der Waals surface area contributed by atoms with Crippen LogP contribution in [0.4, 0.5) is 0 Å². The summed E-state index contributed by atoms with van der Waals surface area (Å²) in [4.78, 5) is 9.36. The highest BCUT2D eigenvalue weighted by Gasteiger charge is 2.31. The quantitative estimate of drug-likeness (QED) is 0.875. The maximum Gasteiger partial charge on any atom is 0.228 e. The van der Waals surface area contributed by atoms with Gasteiger partial charge in [0.15, 0.2) is 0 Å². The van der Waals surface area contributed by atoms with Gasteiger partial charge in [0.25, 0.3) is 0 Å². The highest BCUT2D eigenvalue weighted by atomic mass is 32.1. The summed E-state index contributed by atoms with van der Waals surface area (Å²) in [6.45, 7) is 0. The molecule has 6 heteroatoms. The molecule has 0 amide bonds. The molecule has 1 fully saturated rings. The number of thiazole rings is 1. The zero-order chi connectivity index (χ0) is 11.7. The first-order valence-corrected chi connectivity index (χ1v) is 6.63. The molecule has 0 spiro atoms. The fourth-order valence-electron chi connectivity index (χ4n) is 1.96. The summed E-state index contributed by atoms with van der Waals surface area (Å²) in [5.41, 5.74) is 1.77. The summed E-state index contributed by atoms with van der Waals surface area (Å²) in [5, 5.41) is 7.30. The predicted molar refractivity (Wildman–Crippen MR) is 64.7 cm³/mol. The minimum Gasteiger partial charge on any atom is -0.339 e. The van der Waals surface area contributed by atoms with E-state index in [1.165, 1.54) is 24.2 Å². The van der Waals surface area contributed by atoms with Gasteiger partial charge in [-0.3, -0.25) is 4.98 Å². The average Bonchev–Trinajstić information content (AvgIpc) is 2.88. The number of nitrogens with zero attached hydrogens (tertiary/aromatic N) is 3. The molecule has 0 bridgehead atoms. The number of hydrogen-bond donors (Lipinski definition) is 1. The van der Waals surface area contributed by atoms with Crippen molar-refractivity contribution in [2.24, 2.45) is 5.92 Å². The molecule has 1 N–H and O–H groups in total. The van der Waals surface area contributed by atoms with Crippen molar-refractivity contribution in [2.45, 2.75) is 25.3 Å². The van der Waals surface area contributed by atoms with Crippen LogP contribution in [0.25, 0.3) is 10.7 Å². The van der Waals surface area contributed by atoms with Crippen LogP contribution < -0.4 is 5.32 Å². The molecule has 0 radical (unpaired) electrons. The topological polar surface area (TPSA) is 63.8 Å². The highest BCUT2D eigenvalue weighted by molar-refractivity contribution is 7.13. The molecule has 1 atom stereocenters. The fourth-order valence-corrected chi connectivity index (χ4v) is 2.50. The van der Waals surface area contributed by atoms with E-state index in [9.17, 15) is 0 Å². The SMILES string of the molecule is CNC(Cc1nc(-c2cncs2)no1)C1CC1. The Morgan fingerprint density at radius 2 is 2.47 bits per heavy atom. The third kappa shape index (κ3) is 2.37. The first-order valence-electron chi connectivity index (χ1n) is 5.75. The van der Waals surface area contributed by atoms with Gasteiger partial charge >= 0.3 is 0 Å². The lowest BCUT2D eigenvalue weighted by atomic mass is 10.1. The van der Waals surface area contributed by atoms with E-state index in [-0.39, 0.29) is 0 Å². The Morgan fingerprint density at radius 3 is 3.12 bits per heavy atom. The van der Waals surface area contributed by atoms with Crippen LogP contribution in [0.15, 0.2) is 16.2 Å². The van der Waals surface area contributed by atoms with Gasteiger partial charge in [-0.2, -0.15) is 4.98 Å². The van der Waals surface area contributed by atoms with Crippen molar-refractivity contribution >= 4 is 11.3 Å². The normalized spacial score (nSPS) is 17.2. The summed E-state index contributed by atoms with van der Waals surface area (Å²) in [6.07, 6.45) is 5.19. The molecule has 1 aliphatic carbocycles. The smallest absolute Gasteiger partial charge is 0.228 e. The largest absolute Gasteiger partial charge is 0.339 e. The van der Waals surface area contributed by atoms with Crippen LogP contribution in [0, 0.1) is 5.92 Å². The van der Waals surface area contributed by atoms with E-state index in [4.69, 9.17) is 4.52 Å². The fraction of sp³-hybridized carbons (Fsp3) is 0.545. The molecule has 0 aromatic carbocycles. The van der Waals surface area contributed by atoms with E-state index in [2.05, 4.69) is 20.4 Å². The lowest BCUT2D eigenvalue weighted by Crippen LogP contribution is -2.29. The minimum absolute atomic E-state index is 0.463. The Hall–Kier alpha value is -1.27. The summed E-state index contributed by atoms with van der Waals surface area (Å²) >= 11 is 1.52. The van der Waals surface area contributed by atoms with E-state index >= 15 is 0 Å². The average molecular weight is 250 g/mol. The molecule has 2 aromatic rings. The summed E-state index contributed by atoms with van der Waals surface area (Å²) in [6, 6.07) is 0.463. The molecule has 90 valence electrons. The first-order chi connectivity index (χ1) is 8.36. The first kappa shape index (κ1) is 10.9. The molecule has 1 saturated carbocycles. The third-order valence-electron chi connectivity index (χ3n) is 3.08. The van der Waals surface area contributed by atoms with E-state index < -0.39 is 0 Å². The molecule has 3 rings (SSSR count). The van der Waals surface area contributed by atoms with Gasteiger partial charge in [-0.25, -0.2) is 0 Å². The Kier molecular flexibility index (Phi) is 2.90. The van der Waals surface area contributed by atoms with Crippen LogP contribution in [0.5, 0.6) is 0 Å². The third-order valence-corrected chi connectivity index (χ3v) is 3.85. The van der Waals surface area contributed by atoms with Crippen molar-refractivity contribution in [3.8, 4) is 10.7 Å². The number of hydrogen-bond acceptors (Lipinski definition) is 6. The molecule has 2 heterocycles. The van der Waals surface area contributed by atoms with Gasteiger partial charge in [-0.05, 0) is 25.8 Å². The van der Waals surface area contributed by atoms with Crippen LogP contribution in [0.2, 0.25) is 0 Å². The Balaban J connectivity index is 1.71. The number of aromatic nitrogens is 3. The zero-order valence-electron chi connectivity index (χ0n) is 9.59. The molecule has 1 unspecified atom stereocenters. The molecule has 0 saturated heterocycles. The summed E-state index contributed by atoms with van der Waals surface area (Å²) in [5.74, 6) is 2.13. The van der Waals surface area contributed by atoms with Crippen LogP contribution in [-0.2, 0) is 6.42 Å². The monoisotopic (exact) mass is 250 g/mol. The molecule has 5 nitrogen and oxygen atoms in total. The number of likely N-dealkylation sites (N-methyl/N-ethyl adjacent to an activating group) is 1. The second kappa shape index (κ2) is 4.54. The van der Waals surface area contributed by atoms with Gasteiger partial charge in [-0.1, -0.05) is 5.16 Å². The van der Waals surface area contributed by atoms with Gasteiger partial charge in [0.2, 0.25) is 11.7 Å². The second-order valence-corrected chi connectivity index (χ2v) is 5.20. The lowest BCUT2D eigenvalue weighted by Gasteiger charge is -2.11. The summed E-state index contributed by atoms with van der Waals surface area (Å²) < 4.78 is 5.28. The van der Waals surface area contributed by atoms with Crippen molar-refractivity contribution in [2.75, 3.05) is 7.05 Å². The molecule has 1 aliphatic rings. The van der Waals surface area contributed by atoms with Crippen LogP contribution >= 0.6 is 11.3 Å². The molecular weight excluding hydrogens is 236 g/mol. The molecule has 17 heavy (non-hydrogen) atoms. The van der Waals surface area contributed by atoms with Crippen LogP contribution in [0.3, 0.4) is 0 Å². The van der Waals surface area contributed by atoms with Gasteiger partial charge in [0.05, 0.1) is 10.4 Å². The Labute approximate surface area is 103 Å². The molecular formula is C11H14N4OS. The standard InChI is InChI=1S/C11H14N4OS/c1-12-8(7-2-3-7)4-10-14-11(15-16-10)9-5-13-6-17-9/h5-8,12H,2-4H2,1H3. The molecule has 0 aliphatic heterocycles. The Bertz CT molecular complexity index is 477. The minimum atomic E-state index is 0.463. The predicted octanol–water partition coefficient (Wildman–Crippen LogP) is 1.73. The maximum absolute atomic E-state index is 5.28. The van der Waals surface area contributed by atoms with Gasteiger partial charge < -0.3 is 9.84 Å². The van der Waals surface area contributed by atoms with E-state index in [0.29, 0.717) is 17.8 Å². The second-order valence-electron chi connectivity index (χ2n) is 4.31. The maximum atomic E-state index is 5.28. The zero-order valence-corrected chi connectivity index (χ0v) is 10.4. The van der Waals surface area contributed by atoms with Crippen LogP contribution in [0.1, 0.15) is 18.7 Å². The van der Waals surface area contributed by atoms with Gasteiger partial charge in [0, 0.05) is 18.7 Å². The van der Waals surface area contributed by atoms with Crippen molar-refractivity contribution < 1.29 is 4.52 Å². The van der Waals surface area contributed by atoms with E-state index in [1.54, 1.807) is 11.7 Å². The van der Waals surface area contributed by atoms with Crippen molar-refractivity contribution in [1.82, 2.24) is 20.4 Å². The number of rotatable bonds is 5. The van der Waals surface area contributed by atoms with Gasteiger partial charge in [0.1, 0.15) is 0 Å². The molecule has 2 aromatic heterocycles. The van der Waals surface area contributed by atoms with E-state index in [1.807, 2.05) is 7.05 Å². The summed E-state index contributed by atoms with van der Waals surface area (Å²) in [7, 11) is 1.99. The van der Waals surface area contributed by atoms with Crippen molar-refractivity contribution in [3.05, 3.63) is 17.6 Å². The highest BCUT2D eigenvalue weighted by Crippen LogP contribution is 2.33. The van der Waals surface area contributed by atoms with Crippen molar-refractivity contribution in [1.29, 1.82) is 0 Å². The lowest BCUT2D eigenvalue weighted by molar-refractivity contribution is 0.352. The van der Waals surface area contributed by atoms with E-state index in [0.717, 1.165) is 17.2 Å². The Morgan fingerprint density at radius 1 is 1.59 bits per heavy atom. The van der Waals surface area contributed by atoms with Crippen LogP contribution in [-0.4, -0.2) is 28.2 Å². The number of nitrogens with one attached hydrogen (secondary N) is 1. The van der Waals surface area contributed by atoms with Crippen molar-refractivity contribution in [3.63, 3.8) is 0 Å².